The number of pyridine rings is 1. The van der Waals surface area contributed by atoms with Gasteiger partial charge in [0, 0.05) is 184 Å². The number of hydrogen-bond donors (Lipinski definition) is 4. The average molecular weight is 1390 g/mol. The van der Waals surface area contributed by atoms with Gasteiger partial charge in [-0.3, -0.25) is 24.2 Å². The largest absolute Gasteiger partial charge is 0.456 e. The van der Waals surface area contributed by atoms with Gasteiger partial charge < -0.3 is 58.5 Å². The van der Waals surface area contributed by atoms with E-state index in [1.165, 1.54) is 66.1 Å². The SMILES string of the molecule is C[C@H]1CN(c2ccc3oc(-c4cccc(C(F)(F)F)c4)cc(=O)c3c2)CCN1.C[C@H]1CN(c2ccc3oc(-c4cccc(F)c4)cc(=O)c3c2)CCN1.C[C@H]1CN(c2ccc3oc(-c4cncc(F)c4)cc(=O)c3c2)CCN1.Cc1csc(-c2cc(=O)c3cc(N4CCNCC4)ccc3o2)n1. The Morgan fingerprint density at radius 3 is 1.26 bits per heavy atom. The van der Waals surface area contributed by atoms with Gasteiger partial charge in [0.2, 0.25) is 0 Å². The van der Waals surface area contributed by atoms with E-state index in [4.69, 9.17) is 17.7 Å². The highest BCUT2D eigenvalue weighted by Gasteiger charge is 2.31. The minimum absolute atomic E-state index is 0.0221. The van der Waals surface area contributed by atoms with Crippen molar-refractivity contribution in [1.82, 2.24) is 31.2 Å². The lowest BCUT2D eigenvalue weighted by molar-refractivity contribution is -0.137. The van der Waals surface area contributed by atoms with Gasteiger partial charge in [0.15, 0.2) is 32.5 Å². The molecule has 24 heteroatoms. The van der Waals surface area contributed by atoms with E-state index in [9.17, 15) is 41.1 Å². The van der Waals surface area contributed by atoms with E-state index in [1.54, 1.807) is 36.4 Å². The molecule has 3 atom stereocenters. The quantitative estimate of drug-likeness (QED) is 0.104. The maximum atomic E-state index is 13.4. The lowest BCUT2D eigenvalue weighted by Crippen LogP contribution is -2.49. The molecular weight excluding hydrogens is 1320 g/mol. The van der Waals surface area contributed by atoms with Crippen molar-refractivity contribution in [3.8, 4) is 44.7 Å². The van der Waals surface area contributed by atoms with E-state index in [0.717, 1.165) is 137 Å². The lowest BCUT2D eigenvalue weighted by Gasteiger charge is -2.33. The molecule has 6 aromatic carbocycles. The number of halogens is 5. The monoisotopic (exact) mass is 1390 g/mol. The molecule has 16 rings (SSSR count). The third-order valence-electron chi connectivity index (χ3n) is 17.9. The van der Waals surface area contributed by atoms with Crippen LogP contribution < -0.4 is 62.6 Å². The van der Waals surface area contributed by atoms with Crippen LogP contribution in [0.5, 0.6) is 0 Å². The number of nitrogens with one attached hydrogen (secondary N) is 4. The molecule has 18 nitrogen and oxygen atoms in total. The van der Waals surface area contributed by atoms with Crippen molar-refractivity contribution >= 4 is 78.0 Å². The molecule has 0 unspecified atom stereocenters. The van der Waals surface area contributed by atoms with Gasteiger partial charge >= 0.3 is 6.18 Å². The minimum Gasteiger partial charge on any atom is -0.456 e. The molecule has 0 spiro atoms. The Kier molecular flexibility index (Phi) is 20.7. The van der Waals surface area contributed by atoms with Crippen LogP contribution in [0.1, 0.15) is 32.0 Å². The number of thiazole rings is 1. The fourth-order valence-electron chi connectivity index (χ4n) is 12.8. The van der Waals surface area contributed by atoms with Crippen LogP contribution in [-0.2, 0) is 6.18 Å². The number of nitrogens with zero attached hydrogens (tertiary/aromatic N) is 6. The normalized spacial score (nSPS) is 17.3. The predicted molar refractivity (Wildman–Crippen MR) is 389 cm³/mol. The van der Waals surface area contributed by atoms with Crippen LogP contribution in [0.4, 0.5) is 44.7 Å². The van der Waals surface area contributed by atoms with Gasteiger partial charge in [-0.05, 0) is 131 Å². The third-order valence-corrected chi connectivity index (χ3v) is 18.9. The molecule has 4 saturated heterocycles. The van der Waals surface area contributed by atoms with E-state index in [-0.39, 0.29) is 38.9 Å². The molecule has 0 saturated carbocycles. The number of benzene rings is 6. The molecule has 0 bridgehead atoms. The summed E-state index contributed by atoms with van der Waals surface area (Å²) < 4.78 is 89.0. The molecule has 101 heavy (non-hydrogen) atoms. The van der Waals surface area contributed by atoms with Crippen molar-refractivity contribution in [2.75, 3.05) is 105 Å². The number of anilines is 4. The molecule has 4 fully saturated rings. The zero-order valence-electron chi connectivity index (χ0n) is 55.8. The van der Waals surface area contributed by atoms with Crippen molar-refractivity contribution in [3.05, 3.63) is 233 Å². The molecular formula is C77H73F5N10O8S. The number of fused-ring (bicyclic) bond motifs is 4. The van der Waals surface area contributed by atoms with Gasteiger partial charge in [0.05, 0.1) is 33.3 Å². The van der Waals surface area contributed by atoms with Gasteiger partial charge in [-0.25, -0.2) is 13.8 Å². The van der Waals surface area contributed by atoms with E-state index < -0.39 is 17.6 Å². The number of aryl methyl sites for hydroxylation is 1. The number of piperazine rings is 4. The maximum Gasteiger partial charge on any atom is 0.416 e. The molecule has 520 valence electrons. The Labute approximate surface area is 580 Å². The van der Waals surface area contributed by atoms with Gasteiger partial charge in [-0.15, -0.1) is 11.3 Å². The van der Waals surface area contributed by atoms with Crippen LogP contribution in [0.2, 0.25) is 0 Å². The fraction of sp³-hybridized carbons (Fsp3) is 0.273. The van der Waals surface area contributed by atoms with Gasteiger partial charge in [0.25, 0.3) is 0 Å². The van der Waals surface area contributed by atoms with Crippen LogP contribution in [0.25, 0.3) is 88.6 Å². The van der Waals surface area contributed by atoms with Gasteiger partial charge in [-0.1, -0.05) is 24.3 Å². The third kappa shape index (κ3) is 16.4. The summed E-state index contributed by atoms with van der Waals surface area (Å²) in [5, 5.41) is 18.3. The molecule has 4 N–H and O–H groups in total. The molecule has 4 aliphatic heterocycles. The smallest absolute Gasteiger partial charge is 0.416 e. The van der Waals surface area contributed by atoms with Crippen molar-refractivity contribution < 1.29 is 39.6 Å². The topological polar surface area (TPSA) is 208 Å². The van der Waals surface area contributed by atoms with Crippen molar-refractivity contribution in [3.63, 3.8) is 0 Å². The Bertz CT molecular complexity index is 5090. The van der Waals surface area contributed by atoms with E-state index in [1.807, 2.05) is 66.9 Å². The molecule has 0 radical (unpaired) electrons. The lowest BCUT2D eigenvalue weighted by atomic mass is 10.1. The highest BCUT2D eigenvalue weighted by atomic mass is 32.1. The Balaban J connectivity index is 0.000000121. The average Bonchev–Trinajstić information content (AvgIpc) is 0.895. The number of rotatable bonds is 8. The minimum atomic E-state index is -4.46. The highest BCUT2D eigenvalue weighted by molar-refractivity contribution is 7.13. The zero-order valence-corrected chi connectivity index (χ0v) is 56.7. The van der Waals surface area contributed by atoms with Crippen molar-refractivity contribution in [2.45, 2.75) is 52.0 Å². The first kappa shape index (κ1) is 69.1. The second kappa shape index (κ2) is 30.2. The summed E-state index contributed by atoms with van der Waals surface area (Å²) in [4.78, 5) is 67.5. The van der Waals surface area contributed by atoms with E-state index in [0.29, 0.717) is 90.4 Å². The van der Waals surface area contributed by atoms with E-state index >= 15 is 0 Å². The number of alkyl halides is 3. The van der Waals surface area contributed by atoms with Gasteiger partial charge in [0.1, 0.15) is 51.2 Å². The Morgan fingerprint density at radius 1 is 0.446 bits per heavy atom. The summed E-state index contributed by atoms with van der Waals surface area (Å²) >= 11 is 1.49. The number of aromatic nitrogens is 2. The predicted octanol–water partition coefficient (Wildman–Crippen LogP) is 13.1. The fourth-order valence-corrected chi connectivity index (χ4v) is 13.6. The summed E-state index contributed by atoms with van der Waals surface area (Å²) in [6.45, 7) is 20.1. The molecule has 4 aliphatic rings. The van der Waals surface area contributed by atoms with Crippen molar-refractivity contribution in [2.24, 2.45) is 0 Å². The first-order valence-electron chi connectivity index (χ1n) is 33.4. The zero-order chi connectivity index (χ0) is 70.5. The standard InChI is InChI=1S/C21H19F3N2O2.C20H19FN2O2.C19H18FN3O2.C17H17N3O2S/c1-13-12-26(8-7-25-13)16-5-6-19-17(10-16)18(27)11-20(28-19)14-3-2-4-15(9-14)21(22,23)24;1-13-12-23(8-7-22-13)16-5-6-19-17(10-16)18(24)11-20(25-19)14-3-2-4-15(21)9-14;1-12-11-23(5-4-22-12)15-2-3-18-16(7-15)17(24)8-19(25-18)13-6-14(20)10-21-9-13;1-11-10-23-17(19-11)16-9-14(21)13-8-12(2-3-15(13)22-16)20-6-4-18-5-7-20/h2-6,9-11,13,25H,7-8,12H2,1H3;2-6,9-11,13,22H,7-8,12H2,1H3;2-3,6-10,12,22H,4-5,11H2,1H3;2-3,8-10,18H,4-7H2,1H3/t2*13-;12-;/m000./s1. The van der Waals surface area contributed by atoms with Crippen LogP contribution in [0.15, 0.2) is 206 Å². The highest BCUT2D eigenvalue weighted by Crippen LogP contribution is 2.35. The molecule has 12 aromatic rings. The molecule has 0 aliphatic carbocycles. The second-order valence-electron chi connectivity index (χ2n) is 25.5. The number of hydrogen-bond acceptors (Lipinski definition) is 19. The molecule has 10 heterocycles. The van der Waals surface area contributed by atoms with Crippen molar-refractivity contribution in [1.29, 1.82) is 0 Å². The summed E-state index contributed by atoms with van der Waals surface area (Å²) in [7, 11) is 0. The summed E-state index contributed by atoms with van der Waals surface area (Å²) in [5.74, 6) is 0.517. The van der Waals surface area contributed by atoms with Crippen LogP contribution in [0.3, 0.4) is 0 Å². The van der Waals surface area contributed by atoms with E-state index in [2.05, 4.69) is 71.6 Å². The Hall–Kier alpha value is -10.4. The van der Waals surface area contributed by atoms with Crippen LogP contribution in [-0.4, -0.2) is 113 Å². The van der Waals surface area contributed by atoms with Crippen LogP contribution >= 0.6 is 11.3 Å². The second-order valence-corrected chi connectivity index (χ2v) is 26.4. The summed E-state index contributed by atoms with van der Waals surface area (Å²) in [5.41, 5.74) is 6.79. The van der Waals surface area contributed by atoms with Gasteiger partial charge in [-0.2, -0.15) is 13.2 Å². The molecule has 0 amide bonds. The summed E-state index contributed by atoms with van der Waals surface area (Å²) in [6.07, 6.45) is -1.87. The first-order valence-corrected chi connectivity index (χ1v) is 34.3. The summed E-state index contributed by atoms with van der Waals surface area (Å²) in [6, 6.07) is 41.4. The molecule has 6 aromatic heterocycles. The first-order chi connectivity index (χ1) is 48.7. The maximum absolute atomic E-state index is 13.4. The Morgan fingerprint density at radius 2 is 0.842 bits per heavy atom. The van der Waals surface area contributed by atoms with Crippen LogP contribution in [0, 0.1) is 18.6 Å².